The van der Waals surface area contributed by atoms with Gasteiger partial charge in [-0.3, -0.25) is 4.79 Å². The molecular weight excluding hydrogens is 221 g/mol. The van der Waals surface area contributed by atoms with Gasteiger partial charge in [0.25, 0.3) is 5.91 Å². The molecule has 0 unspecified atom stereocenters. The third-order valence-corrected chi connectivity index (χ3v) is 2.33. The van der Waals surface area contributed by atoms with Crippen molar-refractivity contribution in [1.29, 1.82) is 0 Å². The first-order chi connectivity index (χ1) is 8.00. The van der Waals surface area contributed by atoms with E-state index < -0.39 is 5.82 Å². The van der Waals surface area contributed by atoms with Crippen LogP contribution < -0.4 is 11.1 Å². The topological polar surface area (TPSA) is 58.4 Å². The number of nitrogens with zero attached hydrogens (tertiary/aromatic N) is 1. The minimum absolute atomic E-state index is 0.190. The average Bonchev–Trinajstić information content (AvgIpc) is 2.27. The quantitative estimate of drug-likeness (QED) is 0.597. The van der Waals surface area contributed by atoms with Crippen molar-refractivity contribution in [3.63, 3.8) is 0 Å². The van der Waals surface area contributed by atoms with Crippen molar-refractivity contribution in [2.75, 3.05) is 32.9 Å². The lowest BCUT2D eigenvalue weighted by Crippen LogP contribution is -2.27. The highest BCUT2D eigenvalue weighted by Crippen LogP contribution is 2.12. The summed E-state index contributed by atoms with van der Waals surface area (Å²) in [5.41, 5.74) is 6.09. The van der Waals surface area contributed by atoms with Gasteiger partial charge in [0, 0.05) is 12.2 Å². The SMILES string of the molecule is CN(C)CCCNC(=O)c1cc(F)ccc1N. The molecule has 0 aliphatic carbocycles. The number of carbonyl (C=O) groups is 1. The lowest BCUT2D eigenvalue weighted by molar-refractivity contribution is 0.0953. The Balaban J connectivity index is 2.49. The summed E-state index contributed by atoms with van der Waals surface area (Å²) >= 11 is 0. The van der Waals surface area contributed by atoms with Crippen molar-refractivity contribution < 1.29 is 9.18 Å². The minimum Gasteiger partial charge on any atom is -0.398 e. The number of hydrogen-bond donors (Lipinski definition) is 2. The number of anilines is 1. The van der Waals surface area contributed by atoms with Gasteiger partial charge in [0.05, 0.1) is 5.56 Å². The molecule has 0 saturated carbocycles. The van der Waals surface area contributed by atoms with Crippen molar-refractivity contribution >= 4 is 11.6 Å². The summed E-state index contributed by atoms with van der Waals surface area (Å²) in [6.07, 6.45) is 0.841. The van der Waals surface area contributed by atoms with Gasteiger partial charge in [-0.15, -0.1) is 0 Å². The third kappa shape index (κ3) is 4.40. The van der Waals surface area contributed by atoms with Crippen LogP contribution in [0.2, 0.25) is 0 Å². The maximum Gasteiger partial charge on any atom is 0.253 e. The highest BCUT2D eigenvalue weighted by Gasteiger charge is 2.09. The molecule has 5 heteroatoms. The maximum atomic E-state index is 13.0. The number of carbonyl (C=O) groups excluding carboxylic acids is 1. The molecule has 0 aliphatic heterocycles. The van der Waals surface area contributed by atoms with Crippen LogP contribution in [0, 0.1) is 5.82 Å². The Hall–Kier alpha value is -1.62. The molecule has 0 atom stereocenters. The number of nitrogen functional groups attached to an aromatic ring is 1. The molecule has 0 aromatic heterocycles. The molecule has 0 spiro atoms. The Morgan fingerprint density at radius 2 is 2.18 bits per heavy atom. The summed E-state index contributed by atoms with van der Waals surface area (Å²) in [4.78, 5) is 13.7. The number of nitrogens with two attached hydrogens (primary N) is 1. The van der Waals surface area contributed by atoms with E-state index in [2.05, 4.69) is 5.32 Å². The molecule has 0 heterocycles. The van der Waals surface area contributed by atoms with Gasteiger partial charge in [0.15, 0.2) is 0 Å². The maximum absolute atomic E-state index is 13.0. The third-order valence-electron chi connectivity index (χ3n) is 2.33. The Morgan fingerprint density at radius 1 is 1.47 bits per heavy atom. The first kappa shape index (κ1) is 13.4. The van der Waals surface area contributed by atoms with Crippen molar-refractivity contribution in [3.05, 3.63) is 29.6 Å². The lowest BCUT2D eigenvalue weighted by atomic mass is 10.1. The van der Waals surface area contributed by atoms with E-state index in [1.807, 2.05) is 19.0 Å². The monoisotopic (exact) mass is 239 g/mol. The van der Waals surface area contributed by atoms with Crippen LogP contribution in [0.4, 0.5) is 10.1 Å². The van der Waals surface area contributed by atoms with Gasteiger partial charge in [0.1, 0.15) is 5.82 Å². The summed E-state index contributed by atoms with van der Waals surface area (Å²) in [5.74, 6) is -0.793. The second-order valence-corrected chi connectivity index (χ2v) is 4.14. The fourth-order valence-corrected chi connectivity index (χ4v) is 1.42. The number of rotatable bonds is 5. The van der Waals surface area contributed by atoms with Gasteiger partial charge < -0.3 is 16.0 Å². The smallest absolute Gasteiger partial charge is 0.253 e. The predicted octanol–water partition coefficient (Wildman–Crippen LogP) is 1.09. The number of hydrogen-bond acceptors (Lipinski definition) is 3. The van der Waals surface area contributed by atoms with Gasteiger partial charge in [-0.1, -0.05) is 0 Å². The highest BCUT2D eigenvalue weighted by molar-refractivity contribution is 5.99. The van der Waals surface area contributed by atoms with E-state index in [1.54, 1.807) is 0 Å². The summed E-state index contributed by atoms with van der Waals surface area (Å²) in [6, 6.07) is 3.78. The Kier molecular flexibility index (Phi) is 4.90. The van der Waals surface area contributed by atoms with Crippen LogP contribution in [0.5, 0.6) is 0 Å². The zero-order valence-corrected chi connectivity index (χ0v) is 10.2. The Bertz CT molecular complexity index is 393. The number of nitrogens with one attached hydrogen (secondary N) is 1. The normalized spacial score (nSPS) is 10.6. The van der Waals surface area contributed by atoms with Gasteiger partial charge in [0.2, 0.25) is 0 Å². The molecule has 0 fully saturated rings. The fraction of sp³-hybridized carbons (Fsp3) is 0.417. The van der Waals surface area contributed by atoms with Crippen molar-refractivity contribution in [3.8, 4) is 0 Å². The highest BCUT2D eigenvalue weighted by atomic mass is 19.1. The van der Waals surface area contributed by atoms with E-state index in [1.165, 1.54) is 12.1 Å². The van der Waals surface area contributed by atoms with E-state index in [9.17, 15) is 9.18 Å². The zero-order chi connectivity index (χ0) is 12.8. The average molecular weight is 239 g/mol. The zero-order valence-electron chi connectivity index (χ0n) is 10.2. The summed E-state index contributed by atoms with van der Waals surface area (Å²) in [7, 11) is 3.93. The number of halogens is 1. The molecule has 0 bridgehead atoms. The molecule has 1 rings (SSSR count). The van der Waals surface area contributed by atoms with Crippen molar-refractivity contribution in [2.24, 2.45) is 0 Å². The molecule has 0 saturated heterocycles. The van der Waals surface area contributed by atoms with Crippen LogP contribution in [-0.2, 0) is 0 Å². The van der Waals surface area contributed by atoms with Crippen LogP contribution in [-0.4, -0.2) is 38.0 Å². The molecule has 4 nitrogen and oxygen atoms in total. The van der Waals surface area contributed by atoms with Crippen LogP contribution in [0.3, 0.4) is 0 Å². The summed E-state index contributed by atoms with van der Waals surface area (Å²) < 4.78 is 13.0. The second kappa shape index (κ2) is 6.20. The fourth-order valence-electron chi connectivity index (χ4n) is 1.42. The first-order valence-electron chi connectivity index (χ1n) is 5.48. The predicted molar refractivity (Wildman–Crippen MR) is 66.3 cm³/mol. The molecule has 94 valence electrons. The van der Waals surface area contributed by atoms with Gasteiger partial charge in [-0.25, -0.2) is 4.39 Å². The van der Waals surface area contributed by atoms with Crippen LogP contribution in [0.1, 0.15) is 16.8 Å². The molecular formula is C12H18FN3O. The van der Waals surface area contributed by atoms with Gasteiger partial charge >= 0.3 is 0 Å². The first-order valence-corrected chi connectivity index (χ1v) is 5.48. The van der Waals surface area contributed by atoms with Gasteiger partial charge in [-0.05, 0) is 45.3 Å². The molecule has 0 radical (unpaired) electrons. The van der Waals surface area contributed by atoms with Crippen LogP contribution in [0.25, 0.3) is 0 Å². The van der Waals surface area contributed by atoms with Crippen LogP contribution in [0.15, 0.2) is 18.2 Å². The molecule has 3 N–H and O–H groups in total. The second-order valence-electron chi connectivity index (χ2n) is 4.14. The van der Waals surface area contributed by atoms with E-state index in [0.29, 0.717) is 6.54 Å². The lowest BCUT2D eigenvalue weighted by Gasteiger charge is -2.10. The molecule has 1 aromatic carbocycles. The van der Waals surface area contributed by atoms with E-state index in [4.69, 9.17) is 5.73 Å². The summed E-state index contributed by atoms with van der Waals surface area (Å²) in [5, 5.41) is 2.71. The number of benzene rings is 1. The molecule has 1 amide bonds. The standard InChI is InChI=1S/C12H18FN3O/c1-16(2)7-3-6-15-12(17)10-8-9(13)4-5-11(10)14/h4-5,8H,3,6-7,14H2,1-2H3,(H,15,17). The van der Waals surface area contributed by atoms with Gasteiger partial charge in [-0.2, -0.15) is 0 Å². The largest absolute Gasteiger partial charge is 0.398 e. The minimum atomic E-state index is -0.461. The number of amides is 1. The molecule has 17 heavy (non-hydrogen) atoms. The molecule has 0 aliphatic rings. The summed E-state index contributed by atoms with van der Waals surface area (Å²) in [6.45, 7) is 1.44. The Labute approximate surface area is 101 Å². The van der Waals surface area contributed by atoms with Crippen molar-refractivity contribution in [2.45, 2.75) is 6.42 Å². The molecule has 1 aromatic rings. The van der Waals surface area contributed by atoms with E-state index >= 15 is 0 Å². The Morgan fingerprint density at radius 3 is 2.82 bits per heavy atom. The van der Waals surface area contributed by atoms with Crippen LogP contribution >= 0.6 is 0 Å². The van der Waals surface area contributed by atoms with Crippen molar-refractivity contribution in [1.82, 2.24) is 10.2 Å². The van der Waals surface area contributed by atoms with E-state index in [0.717, 1.165) is 19.0 Å². The van der Waals surface area contributed by atoms with E-state index in [-0.39, 0.29) is 17.2 Å².